The summed E-state index contributed by atoms with van der Waals surface area (Å²) in [6, 6.07) is 0.637. The Morgan fingerprint density at radius 2 is 1.93 bits per heavy atom. The molecule has 0 aromatic carbocycles. The summed E-state index contributed by atoms with van der Waals surface area (Å²) in [6.07, 6.45) is 5.61. The normalized spacial score (nSPS) is 30.8. The fourth-order valence-corrected chi connectivity index (χ4v) is 2.92. The average molecular weight is 211 g/mol. The summed E-state index contributed by atoms with van der Waals surface area (Å²) >= 11 is 0. The van der Waals surface area contributed by atoms with Crippen molar-refractivity contribution in [3.8, 4) is 0 Å². The highest BCUT2D eigenvalue weighted by molar-refractivity contribution is 4.85. The van der Waals surface area contributed by atoms with E-state index in [1.807, 2.05) is 0 Å². The minimum atomic E-state index is 0.592. The minimum absolute atomic E-state index is 0.592. The molecule has 1 N–H and O–H groups in total. The van der Waals surface area contributed by atoms with Gasteiger partial charge in [0.2, 0.25) is 0 Å². The maximum absolute atomic E-state index is 3.61. The van der Waals surface area contributed by atoms with E-state index >= 15 is 0 Å². The second kappa shape index (κ2) is 5.34. The van der Waals surface area contributed by atoms with Crippen molar-refractivity contribution in [3.05, 3.63) is 0 Å². The van der Waals surface area contributed by atoms with Crippen LogP contribution in [0.4, 0.5) is 0 Å². The molecular weight excluding hydrogens is 182 g/mol. The Labute approximate surface area is 96.0 Å². The first-order valence-corrected chi connectivity index (χ1v) is 6.68. The second-order valence-electron chi connectivity index (χ2n) is 6.40. The molecule has 0 bridgehead atoms. The summed E-state index contributed by atoms with van der Waals surface area (Å²) in [7, 11) is 0. The van der Waals surface area contributed by atoms with Crippen molar-refractivity contribution in [1.29, 1.82) is 0 Å². The lowest BCUT2D eigenvalue weighted by molar-refractivity contribution is 0.112. The molecule has 0 spiro atoms. The van der Waals surface area contributed by atoms with Gasteiger partial charge < -0.3 is 5.32 Å². The Kier molecular flexibility index (Phi) is 4.64. The highest BCUT2D eigenvalue weighted by Crippen LogP contribution is 2.42. The van der Waals surface area contributed by atoms with E-state index in [2.05, 4.69) is 39.9 Å². The van der Waals surface area contributed by atoms with Crippen molar-refractivity contribution in [1.82, 2.24) is 5.32 Å². The predicted octanol–water partition coefficient (Wildman–Crippen LogP) is 3.84. The first kappa shape index (κ1) is 13.0. The van der Waals surface area contributed by atoms with E-state index in [9.17, 15) is 0 Å². The number of hydrogen-bond acceptors (Lipinski definition) is 1. The first-order valence-electron chi connectivity index (χ1n) is 6.68. The van der Waals surface area contributed by atoms with Crippen LogP contribution < -0.4 is 5.32 Å². The van der Waals surface area contributed by atoms with Crippen molar-refractivity contribution in [3.63, 3.8) is 0 Å². The largest absolute Gasteiger partial charge is 0.314 e. The summed E-state index contributed by atoms with van der Waals surface area (Å²) in [4.78, 5) is 0. The van der Waals surface area contributed by atoms with Gasteiger partial charge in [-0.2, -0.15) is 0 Å². The van der Waals surface area contributed by atoms with E-state index < -0.39 is 0 Å². The van der Waals surface area contributed by atoms with Crippen LogP contribution in [0.25, 0.3) is 0 Å². The fourth-order valence-electron chi connectivity index (χ4n) is 2.92. The van der Waals surface area contributed by atoms with Crippen molar-refractivity contribution in [2.75, 3.05) is 6.54 Å². The molecule has 0 saturated heterocycles. The van der Waals surface area contributed by atoms with Crippen molar-refractivity contribution >= 4 is 0 Å². The van der Waals surface area contributed by atoms with Crippen molar-refractivity contribution in [2.45, 2.75) is 66.3 Å². The summed E-state index contributed by atoms with van der Waals surface area (Å²) < 4.78 is 0. The maximum Gasteiger partial charge on any atom is 0.00104 e. The molecule has 15 heavy (non-hydrogen) atoms. The standard InChI is InChI=1S/C14H29N/c1-6-12-9-14(4,5)8-7-13(12)10-15-11(2)3/h11-13,15H,6-10H2,1-5H3. The highest BCUT2D eigenvalue weighted by atomic mass is 14.9. The van der Waals surface area contributed by atoms with Crippen molar-refractivity contribution in [2.24, 2.45) is 17.3 Å². The number of nitrogens with one attached hydrogen (secondary N) is 1. The lowest BCUT2D eigenvalue weighted by Crippen LogP contribution is -2.37. The molecule has 0 radical (unpaired) electrons. The van der Waals surface area contributed by atoms with Gasteiger partial charge in [0, 0.05) is 6.04 Å². The van der Waals surface area contributed by atoms with Gasteiger partial charge in [0.05, 0.1) is 0 Å². The molecule has 0 amide bonds. The molecule has 90 valence electrons. The fraction of sp³-hybridized carbons (Fsp3) is 1.00. The Hall–Kier alpha value is -0.0400. The number of hydrogen-bond donors (Lipinski definition) is 1. The van der Waals surface area contributed by atoms with Crippen LogP contribution in [0.2, 0.25) is 0 Å². The molecular formula is C14H29N. The molecule has 1 aliphatic rings. The van der Waals surface area contributed by atoms with Gasteiger partial charge in [0.15, 0.2) is 0 Å². The van der Waals surface area contributed by atoms with Crippen LogP contribution in [0, 0.1) is 17.3 Å². The van der Waals surface area contributed by atoms with Crippen LogP contribution in [-0.2, 0) is 0 Å². The molecule has 0 heterocycles. The molecule has 1 saturated carbocycles. The van der Waals surface area contributed by atoms with E-state index in [1.165, 1.54) is 32.2 Å². The summed E-state index contributed by atoms with van der Waals surface area (Å²) in [5.74, 6) is 1.87. The van der Waals surface area contributed by atoms with Crippen LogP contribution in [0.1, 0.15) is 60.3 Å². The molecule has 1 nitrogen and oxygen atoms in total. The zero-order valence-electron chi connectivity index (χ0n) is 11.3. The van der Waals surface area contributed by atoms with E-state index in [0.29, 0.717) is 11.5 Å². The Bertz CT molecular complexity index is 182. The highest BCUT2D eigenvalue weighted by Gasteiger charge is 2.33. The van der Waals surface area contributed by atoms with Crippen LogP contribution in [0.3, 0.4) is 0 Å². The van der Waals surface area contributed by atoms with Crippen LogP contribution >= 0.6 is 0 Å². The topological polar surface area (TPSA) is 12.0 Å². The molecule has 1 aliphatic carbocycles. The van der Waals surface area contributed by atoms with Gasteiger partial charge in [0.25, 0.3) is 0 Å². The van der Waals surface area contributed by atoms with Gasteiger partial charge >= 0.3 is 0 Å². The Morgan fingerprint density at radius 1 is 1.27 bits per heavy atom. The minimum Gasteiger partial charge on any atom is -0.314 e. The average Bonchev–Trinajstić information content (AvgIpc) is 2.14. The zero-order valence-corrected chi connectivity index (χ0v) is 11.3. The van der Waals surface area contributed by atoms with Gasteiger partial charge in [-0.25, -0.2) is 0 Å². The third kappa shape index (κ3) is 4.14. The van der Waals surface area contributed by atoms with Gasteiger partial charge in [-0.3, -0.25) is 0 Å². The Morgan fingerprint density at radius 3 is 2.47 bits per heavy atom. The molecule has 2 unspecified atom stereocenters. The van der Waals surface area contributed by atoms with E-state index in [0.717, 1.165) is 11.8 Å². The third-order valence-corrected chi connectivity index (χ3v) is 3.99. The molecule has 0 aliphatic heterocycles. The third-order valence-electron chi connectivity index (χ3n) is 3.99. The van der Waals surface area contributed by atoms with Gasteiger partial charge in [-0.15, -0.1) is 0 Å². The summed E-state index contributed by atoms with van der Waals surface area (Å²) in [6.45, 7) is 12.9. The Balaban J connectivity index is 2.44. The monoisotopic (exact) mass is 211 g/mol. The smallest absolute Gasteiger partial charge is 0.00104 e. The van der Waals surface area contributed by atoms with Crippen molar-refractivity contribution < 1.29 is 0 Å². The molecule has 2 atom stereocenters. The molecule has 1 heteroatoms. The zero-order chi connectivity index (χ0) is 11.5. The first-order chi connectivity index (χ1) is 6.94. The van der Waals surface area contributed by atoms with Crippen LogP contribution in [-0.4, -0.2) is 12.6 Å². The quantitative estimate of drug-likeness (QED) is 0.745. The lowest BCUT2D eigenvalue weighted by atomic mass is 9.66. The van der Waals surface area contributed by atoms with E-state index in [-0.39, 0.29) is 0 Å². The van der Waals surface area contributed by atoms with Gasteiger partial charge in [0.1, 0.15) is 0 Å². The lowest BCUT2D eigenvalue weighted by Gasteiger charge is -2.41. The summed E-state index contributed by atoms with van der Waals surface area (Å²) in [5, 5.41) is 3.61. The van der Waals surface area contributed by atoms with Crippen LogP contribution in [0.5, 0.6) is 0 Å². The summed E-state index contributed by atoms with van der Waals surface area (Å²) in [5.41, 5.74) is 0.592. The number of rotatable bonds is 4. The van der Waals surface area contributed by atoms with Gasteiger partial charge in [-0.1, -0.05) is 41.0 Å². The van der Waals surface area contributed by atoms with Gasteiger partial charge in [-0.05, 0) is 43.1 Å². The maximum atomic E-state index is 3.61. The van der Waals surface area contributed by atoms with E-state index in [1.54, 1.807) is 0 Å². The molecule has 0 aromatic heterocycles. The predicted molar refractivity (Wildman–Crippen MR) is 68.0 cm³/mol. The van der Waals surface area contributed by atoms with Crippen LogP contribution in [0.15, 0.2) is 0 Å². The second-order valence-corrected chi connectivity index (χ2v) is 6.40. The SMILES string of the molecule is CCC1CC(C)(C)CCC1CNC(C)C. The molecule has 0 aromatic rings. The molecule has 1 fully saturated rings. The molecule has 1 rings (SSSR count). The van der Waals surface area contributed by atoms with E-state index in [4.69, 9.17) is 0 Å².